The van der Waals surface area contributed by atoms with E-state index in [1.165, 1.54) is 0 Å². The van der Waals surface area contributed by atoms with Crippen molar-refractivity contribution in [2.45, 2.75) is 19.6 Å². The van der Waals surface area contributed by atoms with Crippen molar-refractivity contribution in [1.82, 2.24) is 20.3 Å². The molecule has 7 heteroatoms. The van der Waals surface area contributed by atoms with Crippen LogP contribution in [0.15, 0.2) is 24.4 Å². The van der Waals surface area contributed by atoms with Crippen LogP contribution in [0.25, 0.3) is 0 Å². The quantitative estimate of drug-likeness (QED) is 0.740. The number of aliphatic hydroxyl groups excluding tert-OH is 1. The third-order valence-electron chi connectivity index (χ3n) is 3.00. The number of nitrogens with zero attached hydrogens (tertiary/aromatic N) is 3. The molecule has 1 heterocycles. The summed E-state index contributed by atoms with van der Waals surface area (Å²) in [6.45, 7) is 1.82. The Balaban J connectivity index is 1.87. The molecule has 21 heavy (non-hydrogen) atoms. The Morgan fingerprint density at radius 2 is 2.00 bits per heavy atom. The molecule has 1 aromatic heterocycles. The summed E-state index contributed by atoms with van der Waals surface area (Å²) in [6.07, 6.45) is 1.82. The van der Waals surface area contributed by atoms with E-state index in [-0.39, 0.29) is 6.61 Å². The molecule has 7 nitrogen and oxygen atoms in total. The second-order valence-electron chi connectivity index (χ2n) is 4.49. The van der Waals surface area contributed by atoms with Gasteiger partial charge >= 0.3 is 0 Å². The topological polar surface area (TPSA) is 81.4 Å². The maximum absolute atomic E-state index is 8.82. The first kappa shape index (κ1) is 15.3. The number of nitrogens with one attached hydrogen (secondary N) is 1. The van der Waals surface area contributed by atoms with Crippen molar-refractivity contribution in [2.24, 2.45) is 0 Å². The Hall–Kier alpha value is -2.12. The second kappa shape index (κ2) is 7.61. The maximum atomic E-state index is 8.82. The van der Waals surface area contributed by atoms with E-state index in [4.69, 9.17) is 14.6 Å². The molecule has 0 spiro atoms. The zero-order valence-corrected chi connectivity index (χ0v) is 12.2. The molecule has 114 valence electrons. The third kappa shape index (κ3) is 4.17. The minimum Gasteiger partial charge on any atom is -0.493 e. The molecule has 0 fully saturated rings. The van der Waals surface area contributed by atoms with E-state index in [9.17, 15) is 0 Å². The van der Waals surface area contributed by atoms with Crippen molar-refractivity contribution in [3.8, 4) is 11.5 Å². The fourth-order valence-corrected chi connectivity index (χ4v) is 1.96. The van der Waals surface area contributed by atoms with Crippen LogP contribution in [-0.4, -0.2) is 40.9 Å². The first-order chi connectivity index (χ1) is 10.3. The van der Waals surface area contributed by atoms with Crippen LogP contribution in [0.2, 0.25) is 0 Å². The molecular formula is C14H20N4O3. The van der Waals surface area contributed by atoms with E-state index in [0.29, 0.717) is 31.1 Å². The summed E-state index contributed by atoms with van der Waals surface area (Å²) in [5.41, 5.74) is 1.93. The molecule has 2 rings (SSSR count). The highest BCUT2D eigenvalue weighted by molar-refractivity contribution is 5.42. The molecule has 2 N–H and O–H groups in total. The largest absolute Gasteiger partial charge is 0.493 e. The van der Waals surface area contributed by atoms with Gasteiger partial charge in [-0.1, -0.05) is 11.3 Å². The molecule has 0 unspecified atom stereocenters. The van der Waals surface area contributed by atoms with Crippen molar-refractivity contribution in [3.05, 3.63) is 35.7 Å². The number of hydrogen-bond donors (Lipinski definition) is 2. The van der Waals surface area contributed by atoms with Crippen LogP contribution in [0.3, 0.4) is 0 Å². The molecule has 0 bridgehead atoms. The highest BCUT2D eigenvalue weighted by Crippen LogP contribution is 2.27. The predicted octanol–water partition coefficient (Wildman–Crippen LogP) is 0.577. The van der Waals surface area contributed by atoms with Gasteiger partial charge in [-0.05, 0) is 17.7 Å². The van der Waals surface area contributed by atoms with Gasteiger partial charge in [0.05, 0.1) is 33.1 Å². The van der Waals surface area contributed by atoms with Crippen LogP contribution in [0, 0.1) is 0 Å². The van der Waals surface area contributed by atoms with E-state index in [1.807, 2.05) is 24.4 Å². The SMILES string of the molecule is COc1ccc(CNCc2cn(CCO)nn2)cc1OC. The Morgan fingerprint density at radius 1 is 1.19 bits per heavy atom. The Bertz CT molecular complexity index is 571. The van der Waals surface area contributed by atoms with Crippen molar-refractivity contribution in [1.29, 1.82) is 0 Å². The number of ether oxygens (including phenoxy) is 2. The first-order valence-electron chi connectivity index (χ1n) is 6.68. The number of rotatable bonds is 8. The number of benzene rings is 1. The summed E-state index contributed by atoms with van der Waals surface area (Å²) in [6, 6.07) is 5.80. The van der Waals surface area contributed by atoms with Crippen LogP contribution in [0.4, 0.5) is 0 Å². The van der Waals surface area contributed by atoms with Crippen LogP contribution in [0.1, 0.15) is 11.3 Å². The van der Waals surface area contributed by atoms with E-state index < -0.39 is 0 Å². The number of aliphatic hydroxyl groups is 1. The molecule has 0 aliphatic heterocycles. The number of hydrogen-bond acceptors (Lipinski definition) is 6. The summed E-state index contributed by atoms with van der Waals surface area (Å²) in [7, 11) is 3.24. The van der Waals surface area contributed by atoms with Gasteiger partial charge in [0.25, 0.3) is 0 Å². The number of aromatic nitrogens is 3. The molecule has 0 amide bonds. The third-order valence-corrected chi connectivity index (χ3v) is 3.00. The molecule has 2 aromatic rings. The fourth-order valence-electron chi connectivity index (χ4n) is 1.96. The van der Waals surface area contributed by atoms with E-state index in [2.05, 4.69) is 15.6 Å². The summed E-state index contributed by atoms with van der Waals surface area (Å²) in [5, 5.41) is 20.0. The lowest BCUT2D eigenvalue weighted by atomic mass is 10.2. The van der Waals surface area contributed by atoms with Gasteiger partial charge in [0.15, 0.2) is 11.5 Å². The molecule has 0 atom stereocenters. The van der Waals surface area contributed by atoms with Crippen LogP contribution < -0.4 is 14.8 Å². The average molecular weight is 292 g/mol. The van der Waals surface area contributed by atoms with Gasteiger partial charge in [0.2, 0.25) is 0 Å². The van der Waals surface area contributed by atoms with E-state index in [1.54, 1.807) is 18.9 Å². The molecule has 0 saturated heterocycles. The molecule has 0 aliphatic carbocycles. The van der Waals surface area contributed by atoms with Crippen LogP contribution >= 0.6 is 0 Å². The van der Waals surface area contributed by atoms with Crippen molar-refractivity contribution < 1.29 is 14.6 Å². The van der Waals surface area contributed by atoms with Crippen LogP contribution in [-0.2, 0) is 19.6 Å². The highest BCUT2D eigenvalue weighted by atomic mass is 16.5. The normalized spacial score (nSPS) is 10.6. The van der Waals surface area contributed by atoms with Crippen LogP contribution in [0.5, 0.6) is 11.5 Å². The lowest BCUT2D eigenvalue weighted by Crippen LogP contribution is -2.13. The lowest BCUT2D eigenvalue weighted by Gasteiger charge is -2.09. The second-order valence-corrected chi connectivity index (χ2v) is 4.49. The fraction of sp³-hybridized carbons (Fsp3) is 0.429. The zero-order chi connectivity index (χ0) is 15.1. The van der Waals surface area contributed by atoms with Gasteiger partial charge in [-0.3, -0.25) is 0 Å². The average Bonchev–Trinajstić information content (AvgIpc) is 2.95. The lowest BCUT2D eigenvalue weighted by molar-refractivity contribution is 0.268. The minimum absolute atomic E-state index is 0.0574. The van der Waals surface area contributed by atoms with Crippen molar-refractivity contribution >= 4 is 0 Å². The first-order valence-corrected chi connectivity index (χ1v) is 6.68. The Kier molecular flexibility index (Phi) is 5.53. The summed E-state index contributed by atoms with van der Waals surface area (Å²) < 4.78 is 12.1. The standard InChI is InChI=1S/C14H20N4O3/c1-20-13-4-3-11(7-14(13)21-2)8-15-9-12-10-18(5-6-19)17-16-12/h3-4,7,10,15,19H,5-6,8-9H2,1-2H3. The maximum Gasteiger partial charge on any atom is 0.161 e. The smallest absolute Gasteiger partial charge is 0.161 e. The Labute approximate surface area is 123 Å². The van der Waals surface area contributed by atoms with Gasteiger partial charge in [0, 0.05) is 19.3 Å². The highest BCUT2D eigenvalue weighted by Gasteiger charge is 2.05. The minimum atomic E-state index is 0.0574. The van der Waals surface area contributed by atoms with Gasteiger partial charge in [0.1, 0.15) is 0 Å². The molecule has 0 saturated carbocycles. The summed E-state index contributed by atoms with van der Waals surface area (Å²) in [4.78, 5) is 0. The van der Waals surface area contributed by atoms with Crippen molar-refractivity contribution in [2.75, 3.05) is 20.8 Å². The molecule has 0 aliphatic rings. The van der Waals surface area contributed by atoms with Gasteiger partial charge in [-0.25, -0.2) is 4.68 Å². The molecule has 1 aromatic carbocycles. The molecular weight excluding hydrogens is 272 g/mol. The van der Waals surface area contributed by atoms with Gasteiger partial charge < -0.3 is 19.9 Å². The Morgan fingerprint density at radius 3 is 2.71 bits per heavy atom. The number of methoxy groups -OCH3 is 2. The zero-order valence-electron chi connectivity index (χ0n) is 12.2. The van der Waals surface area contributed by atoms with Crippen molar-refractivity contribution in [3.63, 3.8) is 0 Å². The van der Waals surface area contributed by atoms with E-state index in [0.717, 1.165) is 11.3 Å². The summed E-state index contributed by atoms with van der Waals surface area (Å²) in [5.74, 6) is 1.43. The van der Waals surface area contributed by atoms with E-state index >= 15 is 0 Å². The predicted molar refractivity (Wildman–Crippen MR) is 77.2 cm³/mol. The summed E-state index contributed by atoms with van der Waals surface area (Å²) >= 11 is 0. The monoisotopic (exact) mass is 292 g/mol. The van der Waals surface area contributed by atoms with Gasteiger partial charge in [-0.2, -0.15) is 0 Å². The molecule has 0 radical (unpaired) electrons. The van der Waals surface area contributed by atoms with Gasteiger partial charge in [-0.15, -0.1) is 5.10 Å².